The number of aryl methyl sites for hydroxylation is 1. The fraction of sp³-hybridized carbons (Fsp3) is 0.267. The summed E-state index contributed by atoms with van der Waals surface area (Å²) in [5.74, 6) is 0.818. The molecule has 1 atom stereocenters. The van der Waals surface area contributed by atoms with E-state index in [0.717, 1.165) is 18.4 Å². The molecule has 5 rings (SSSR count). The van der Waals surface area contributed by atoms with Crippen molar-refractivity contribution < 1.29 is 18.7 Å². The number of rotatable bonds is 8. The minimum atomic E-state index is -0.731. The second kappa shape index (κ2) is 10.3. The lowest BCUT2D eigenvalue weighted by molar-refractivity contribution is 0.0971. The lowest BCUT2D eigenvalue weighted by atomic mass is 9.97. The first-order valence-electron chi connectivity index (χ1n) is 12.5. The molecule has 7 heteroatoms. The van der Waals surface area contributed by atoms with Crippen LogP contribution < -0.4 is 19.8 Å². The van der Waals surface area contributed by atoms with Crippen LogP contribution in [-0.2, 0) is 0 Å². The van der Waals surface area contributed by atoms with Crippen molar-refractivity contribution in [2.45, 2.75) is 39.7 Å². The van der Waals surface area contributed by atoms with Gasteiger partial charge in [0.2, 0.25) is 5.76 Å². The third-order valence-electron chi connectivity index (χ3n) is 6.45. The van der Waals surface area contributed by atoms with Gasteiger partial charge in [-0.1, -0.05) is 48.7 Å². The van der Waals surface area contributed by atoms with E-state index in [1.165, 1.54) is 0 Å². The Morgan fingerprint density at radius 3 is 2.57 bits per heavy atom. The highest BCUT2D eigenvalue weighted by molar-refractivity contribution is 6.31. The van der Waals surface area contributed by atoms with Gasteiger partial charge in [-0.3, -0.25) is 14.5 Å². The molecular formula is C30H28ClNO5. The predicted octanol–water partition coefficient (Wildman–Crippen LogP) is 7.08. The highest BCUT2D eigenvalue weighted by Gasteiger charge is 2.44. The first-order valence-corrected chi connectivity index (χ1v) is 12.9. The van der Waals surface area contributed by atoms with Crippen molar-refractivity contribution in [1.29, 1.82) is 0 Å². The van der Waals surface area contributed by atoms with Crippen LogP contribution in [0, 0.1) is 6.92 Å². The van der Waals surface area contributed by atoms with Crippen molar-refractivity contribution >= 4 is 34.2 Å². The predicted molar refractivity (Wildman–Crippen MR) is 145 cm³/mol. The number of amides is 1. The van der Waals surface area contributed by atoms with Crippen molar-refractivity contribution in [2.24, 2.45) is 0 Å². The van der Waals surface area contributed by atoms with E-state index in [-0.39, 0.29) is 11.2 Å². The Hall–Kier alpha value is -3.77. The molecule has 0 N–H and O–H groups in total. The van der Waals surface area contributed by atoms with Crippen LogP contribution in [0.3, 0.4) is 0 Å². The molecule has 0 bridgehead atoms. The lowest BCUT2D eigenvalue weighted by Crippen LogP contribution is -2.29. The molecule has 0 spiro atoms. The molecule has 6 nitrogen and oxygen atoms in total. The summed E-state index contributed by atoms with van der Waals surface area (Å²) < 4.78 is 17.9. The molecule has 1 aliphatic heterocycles. The van der Waals surface area contributed by atoms with Crippen molar-refractivity contribution in [1.82, 2.24) is 0 Å². The molecule has 0 radical (unpaired) electrons. The first-order chi connectivity index (χ1) is 17.9. The number of hydrogen-bond acceptors (Lipinski definition) is 5. The van der Waals surface area contributed by atoms with Gasteiger partial charge in [-0.2, -0.15) is 0 Å². The zero-order valence-corrected chi connectivity index (χ0v) is 21.8. The zero-order chi connectivity index (χ0) is 26.1. The van der Waals surface area contributed by atoms with E-state index >= 15 is 0 Å². The van der Waals surface area contributed by atoms with E-state index in [0.29, 0.717) is 57.5 Å². The van der Waals surface area contributed by atoms with Gasteiger partial charge in [0.15, 0.2) is 16.9 Å². The Kier molecular flexibility index (Phi) is 6.94. The van der Waals surface area contributed by atoms with Gasteiger partial charge < -0.3 is 13.9 Å². The minimum Gasteiger partial charge on any atom is -0.490 e. The fourth-order valence-electron chi connectivity index (χ4n) is 4.70. The van der Waals surface area contributed by atoms with Crippen LogP contribution in [0.2, 0.25) is 5.02 Å². The number of ether oxygens (including phenoxy) is 2. The zero-order valence-electron chi connectivity index (χ0n) is 21.0. The molecule has 0 fully saturated rings. The number of halogens is 1. The molecule has 4 aromatic rings. The number of nitrogens with zero attached hydrogens (tertiary/aromatic N) is 1. The van der Waals surface area contributed by atoms with E-state index in [1.54, 1.807) is 41.3 Å². The summed E-state index contributed by atoms with van der Waals surface area (Å²) >= 11 is 6.30. The van der Waals surface area contributed by atoms with Crippen LogP contribution in [0.15, 0.2) is 69.9 Å². The standard InChI is InChI=1S/C30H28ClNO5/c1-4-6-14-36-24-13-11-19(16-25(24)35-5-2)27-26-28(33)22-15-18(3)10-12-23(22)37-29(26)30(34)32(27)21-9-7-8-20(31)17-21/h7-13,15-17,27H,4-6,14H2,1-3H3. The first kappa shape index (κ1) is 24.9. The SMILES string of the molecule is CCCCOc1ccc(C2c3c(oc4ccc(C)cc4c3=O)C(=O)N2c2cccc(Cl)c2)cc1OCC. The normalized spacial score (nSPS) is 14.8. The molecule has 37 heavy (non-hydrogen) atoms. The molecular weight excluding hydrogens is 490 g/mol. The van der Waals surface area contributed by atoms with E-state index in [2.05, 4.69) is 6.92 Å². The number of anilines is 1. The summed E-state index contributed by atoms with van der Waals surface area (Å²) in [7, 11) is 0. The van der Waals surface area contributed by atoms with Crippen LogP contribution >= 0.6 is 11.6 Å². The molecule has 3 aromatic carbocycles. The van der Waals surface area contributed by atoms with Gasteiger partial charge in [0.25, 0.3) is 5.91 Å². The van der Waals surface area contributed by atoms with Crippen molar-refractivity contribution in [2.75, 3.05) is 18.1 Å². The molecule has 1 aromatic heterocycles. The molecule has 190 valence electrons. The van der Waals surface area contributed by atoms with Crippen molar-refractivity contribution in [3.05, 3.63) is 98.4 Å². The topological polar surface area (TPSA) is 69.0 Å². The quantitative estimate of drug-likeness (QED) is 0.233. The monoisotopic (exact) mass is 517 g/mol. The molecule has 1 aliphatic rings. The van der Waals surface area contributed by atoms with Gasteiger partial charge in [-0.25, -0.2) is 0 Å². The van der Waals surface area contributed by atoms with Gasteiger partial charge in [0.05, 0.1) is 30.2 Å². The smallest absolute Gasteiger partial charge is 0.295 e. The van der Waals surface area contributed by atoms with Gasteiger partial charge in [-0.15, -0.1) is 0 Å². The fourth-order valence-corrected chi connectivity index (χ4v) is 4.89. The van der Waals surface area contributed by atoms with Crippen molar-refractivity contribution in [3.63, 3.8) is 0 Å². The Labute approximate surface area is 220 Å². The summed E-state index contributed by atoms with van der Waals surface area (Å²) in [4.78, 5) is 29.2. The number of unbranched alkanes of at least 4 members (excludes halogenated alkanes) is 1. The van der Waals surface area contributed by atoms with Crippen molar-refractivity contribution in [3.8, 4) is 11.5 Å². The summed E-state index contributed by atoms with van der Waals surface area (Å²) in [6, 6.07) is 17.2. The number of hydrogen-bond donors (Lipinski definition) is 0. The average molecular weight is 518 g/mol. The van der Waals surface area contributed by atoms with E-state index < -0.39 is 11.9 Å². The molecule has 2 heterocycles. The summed E-state index contributed by atoms with van der Waals surface area (Å²) in [5, 5.41) is 0.920. The molecule has 0 saturated carbocycles. The summed E-state index contributed by atoms with van der Waals surface area (Å²) in [6.45, 7) is 6.94. The third-order valence-corrected chi connectivity index (χ3v) is 6.69. The van der Waals surface area contributed by atoms with Crippen LogP contribution in [0.1, 0.15) is 60.0 Å². The maximum Gasteiger partial charge on any atom is 0.295 e. The van der Waals surface area contributed by atoms with Gasteiger partial charge in [0.1, 0.15) is 5.58 Å². The Balaban J connectivity index is 1.72. The maximum atomic E-state index is 13.9. The third kappa shape index (κ3) is 4.58. The number of benzene rings is 3. The Morgan fingerprint density at radius 1 is 0.973 bits per heavy atom. The summed E-state index contributed by atoms with van der Waals surface area (Å²) in [6.07, 6.45) is 1.94. The van der Waals surface area contributed by atoms with Gasteiger partial charge in [-0.05, 0) is 68.3 Å². The molecule has 0 saturated heterocycles. The van der Waals surface area contributed by atoms with Crippen LogP contribution in [0.4, 0.5) is 5.69 Å². The summed E-state index contributed by atoms with van der Waals surface area (Å²) in [5.41, 5.74) is 2.64. The number of carbonyl (C=O) groups excluding carboxylic acids is 1. The molecule has 1 amide bonds. The van der Waals surface area contributed by atoms with Gasteiger partial charge >= 0.3 is 0 Å². The van der Waals surface area contributed by atoms with E-state index in [9.17, 15) is 9.59 Å². The van der Waals surface area contributed by atoms with Crippen LogP contribution in [-0.4, -0.2) is 19.1 Å². The van der Waals surface area contributed by atoms with E-state index in [1.807, 2.05) is 38.1 Å². The van der Waals surface area contributed by atoms with E-state index in [4.69, 9.17) is 25.5 Å². The largest absolute Gasteiger partial charge is 0.490 e. The number of carbonyl (C=O) groups is 1. The Bertz CT molecular complexity index is 1540. The van der Waals surface area contributed by atoms with Crippen LogP contribution in [0.5, 0.6) is 11.5 Å². The van der Waals surface area contributed by atoms with Gasteiger partial charge in [0, 0.05) is 10.7 Å². The Morgan fingerprint density at radius 2 is 1.81 bits per heavy atom. The average Bonchev–Trinajstić information content (AvgIpc) is 3.18. The maximum absolute atomic E-state index is 13.9. The minimum absolute atomic E-state index is 0.0348. The second-order valence-corrected chi connectivity index (χ2v) is 9.51. The second-order valence-electron chi connectivity index (χ2n) is 9.07. The highest BCUT2D eigenvalue weighted by Crippen LogP contribution is 2.43. The van der Waals surface area contributed by atoms with Crippen LogP contribution in [0.25, 0.3) is 11.0 Å². The highest BCUT2D eigenvalue weighted by atomic mass is 35.5. The molecule has 1 unspecified atom stereocenters. The molecule has 0 aliphatic carbocycles. The number of fused-ring (bicyclic) bond motifs is 2. The lowest BCUT2D eigenvalue weighted by Gasteiger charge is -2.26.